The average Bonchev–Trinajstić information content (AvgIpc) is 2.59. The summed E-state index contributed by atoms with van der Waals surface area (Å²) in [6.07, 6.45) is 0.928. The van der Waals surface area contributed by atoms with Crippen molar-refractivity contribution >= 4 is 11.8 Å². The Hall–Kier alpha value is -0.620. The monoisotopic (exact) mass is 185 g/mol. The second-order valence-electron chi connectivity index (χ2n) is 3.22. The van der Waals surface area contributed by atoms with Gasteiger partial charge in [0.2, 0.25) is 0 Å². The van der Waals surface area contributed by atoms with E-state index in [1.165, 1.54) is 0 Å². The Kier molecular flexibility index (Phi) is 1.80. The van der Waals surface area contributed by atoms with Gasteiger partial charge in [-0.1, -0.05) is 12.1 Å². The molecule has 0 spiro atoms. The lowest BCUT2D eigenvalue weighted by molar-refractivity contribution is 0.455. The highest BCUT2D eigenvalue weighted by Gasteiger charge is 2.39. The number of H-pyrrole nitrogens is 1. The second-order valence-corrected chi connectivity index (χ2v) is 4.64. The molecule has 2 unspecified atom stereocenters. The first-order valence-electron chi connectivity index (χ1n) is 3.85. The van der Waals surface area contributed by atoms with Crippen LogP contribution in [0.4, 0.5) is 0 Å². The van der Waals surface area contributed by atoms with Crippen molar-refractivity contribution in [3.63, 3.8) is 0 Å². The van der Waals surface area contributed by atoms with Crippen molar-refractivity contribution in [3.05, 3.63) is 5.82 Å². The van der Waals surface area contributed by atoms with E-state index < -0.39 is 0 Å². The molecule has 1 saturated heterocycles. The third kappa shape index (κ3) is 1.21. The lowest BCUT2D eigenvalue weighted by Crippen LogP contribution is -2.38. The molecule has 1 aliphatic rings. The molecule has 0 saturated carbocycles. The van der Waals surface area contributed by atoms with E-state index in [0.29, 0.717) is 11.1 Å². The standard InChI is InChI=1S/C6H11N5S/c1-4-2-6(7,3-12-4)5-8-10-11-9-5/h4H,2-3,7H2,1H3,(H,8,9,10,11). The first kappa shape index (κ1) is 8.00. The molecule has 0 radical (unpaired) electrons. The van der Waals surface area contributed by atoms with Crippen LogP contribution in [-0.4, -0.2) is 31.6 Å². The molecule has 0 amide bonds. The molecule has 1 aromatic rings. The molecule has 6 heteroatoms. The summed E-state index contributed by atoms with van der Waals surface area (Å²) in [5.41, 5.74) is 5.75. The molecule has 66 valence electrons. The van der Waals surface area contributed by atoms with Crippen LogP contribution < -0.4 is 5.73 Å². The van der Waals surface area contributed by atoms with E-state index in [1.54, 1.807) is 0 Å². The predicted octanol–water partition coefficient (Wildman–Crippen LogP) is -0.121. The van der Waals surface area contributed by atoms with Gasteiger partial charge in [-0.3, -0.25) is 0 Å². The van der Waals surface area contributed by atoms with Gasteiger partial charge < -0.3 is 5.73 Å². The Labute approximate surface area is 74.5 Å². The minimum absolute atomic E-state index is 0.364. The van der Waals surface area contributed by atoms with E-state index in [1.807, 2.05) is 11.8 Å². The van der Waals surface area contributed by atoms with Crippen molar-refractivity contribution < 1.29 is 0 Å². The summed E-state index contributed by atoms with van der Waals surface area (Å²) in [4.78, 5) is 0. The summed E-state index contributed by atoms with van der Waals surface area (Å²) in [6, 6.07) is 0. The van der Waals surface area contributed by atoms with Crippen molar-refractivity contribution in [1.82, 2.24) is 20.6 Å². The van der Waals surface area contributed by atoms with Crippen LogP contribution in [0.2, 0.25) is 0 Å². The number of tetrazole rings is 1. The van der Waals surface area contributed by atoms with Gasteiger partial charge in [0.25, 0.3) is 0 Å². The minimum Gasteiger partial charge on any atom is -0.318 e. The fraction of sp³-hybridized carbons (Fsp3) is 0.833. The zero-order valence-corrected chi connectivity index (χ0v) is 7.64. The molecule has 0 bridgehead atoms. The number of rotatable bonds is 1. The first-order chi connectivity index (χ1) is 5.71. The summed E-state index contributed by atoms with van der Waals surface area (Å²) < 4.78 is 0. The maximum atomic E-state index is 6.11. The van der Waals surface area contributed by atoms with Crippen LogP contribution in [0.3, 0.4) is 0 Å². The maximum Gasteiger partial charge on any atom is 0.195 e. The molecule has 1 aliphatic heterocycles. The molecule has 3 N–H and O–H groups in total. The predicted molar refractivity (Wildman–Crippen MR) is 46.6 cm³/mol. The summed E-state index contributed by atoms with van der Waals surface area (Å²) in [7, 11) is 0. The molecule has 1 fully saturated rings. The molecule has 5 nitrogen and oxygen atoms in total. The van der Waals surface area contributed by atoms with Gasteiger partial charge in [0.1, 0.15) is 0 Å². The van der Waals surface area contributed by atoms with Gasteiger partial charge in [-0.15, -0.1) is 10.2 Å². The average molecular weight is 185 g/mol. The largest absolute Gasteiger partial charge is 0.318 e. The molecule has 2 heterocycles. The molecule has 0 aromatic carbocycles. The van der Waals surface area contributed by atoms with E-state index in [-0.39, 0.29) is 5.54 Å². The number of nitrogens with one attached hydrogen (secondary N) is 1. The van der Waals surface area contributed by atoms with Crippen molar-refractivity contribution in [3.8, 4) is 0 Å². The van der Waals surface area contributed by atoms with Crippen LogP contribution in [0.5, 0.6) is 0 Å². The molecular weight excluding hydrogens is 174 g/mol. The quantitative estimate of drug-likeness (QED) is 0.637. The number of aromatic nitrogens is 4. The zero-order chi connectivity index (χ0) is 8.60. The molecule has 0 aliphatic carbocycles. The lowest BCUT2D eigenvalue weighted by Gasteiger charge is -2.17. The number of nitrogens with two attached hydrogens (primary N) is 1. The van der Waals surface area contributed by atoms with Gasteiger partial charge in [-0.2, -0.15) is 17.0 Å². The Balaban J connectivity index is 2.23. The van der Waals surface area contributed by atoms with E-state index in [4.69, 9.17) is 5.73 Å². The number of hydrogen-bond donors (Lipinski definition) is 2. The van der Waals surface area contributed by atoms with Crippen LogP contribution >= 0.6 is 11.8 Å². The normalized spacial score (nSPS) is 35.7. The highest BCUT2D eigenvalue weighted by molar-refractivity contribution is 8.00. The minimum atomic E-state index is -0.364. The number of hydrogen-bond acceptors (Lipinski definition) is 5. The van der Waals surface area contributed by atoms with Crippen LogP contribution in [0.1, 0.15) is 19.2 Å². The van der Waals surface area contributed by atoms with Gasteiger partial charge in [-0.25, -0.2) is 0 Å². The van der Waals surface area contributed by atoms with Crippen molar-refractivity contribution in [2.75, 3.05) is 5.75 Å². The highest BCUT2D eigenvalue weighted by atomic mass is 32.2. The topological polar surface area (TPSA) is 80.5 Å². The Morgan fingerprint density at radius 1 is 1.75 bits per heavy atom. The SMILES string of the molecule is CC1CC(N)(c2nn[nH]n2)CS1. The number of thioether (sulfide) groups is 1. The third-order valence-electron chi connectivity index (χ3n) is 2.07. The van der Waals surface area contributed by atoms with Crippen LogP contribution in [0, 0.1) is 0 Å². The van der Waals surface area contributed by atoms with Crippen LogP contribution in [0.25, 0.3) is 0 Å². The van der Waals surface area contributed by atoms with Gasteiger partial charge in [-0.05, 0) is 6.42 Å². The van der Waals surface area contributed by atoms with E-state index >= 15 is 0 Å². The first-order valence-corrected chi connectivity index (χ1v) is 4.90. The van der Waals surface area contributed by atoms with Gasteiger partial charge >= 0.3 is 0 Å². The fourth-order valence-corrected chi connectivity index (χ4v) is 2.69. The van der Waals surface area contributed by atoms with E-state index in [9.17, 15) is 0 Å². The Morgan fingerprint density at radius 3 is 3.08 bits per heavy atom. The van der Waals surface area contributed by atoms with Gasteiger partial charge in [0, 0.05) is 11.0 Å². The zero-order valence-electron chi connectivity index (χ0n) is 6.82. The van der Waals surface area contributed by atoms with Gasteiger partial charge in [0.15, 0.2) is 5.82 Å². The summed E-state index contributed by atoms with van der Waals surface area (Å²) in [5, 5.41) is 14.4. The highest BCUT2D eigenvalue weighted by Crippen LogP contribution is 2.37. The smallest absolute Gasteiger partial charge is 0.195 e. The summed E-state index contributed by atoms with van der Waals surface area (Å²) in [6.45, 7) is 2.17. The van der Waals surface area contributed by atoms with E-state index in [2.05, 4.69) is 27.5 Å². The Bertz CT molecular complexity index is 261. The number of aromatic amines is 1. The van der Waals surface area contributed by atoms with Crippen molar-refractivity contribution in [2.24, 2.45) is 5.73 Å². The third-order valence-corrected chi connectivity index (χ3v) is 3.49. The van der Waals surface area contributed by atoms with Crippen LogP contribution in [-0.2, 0) is 5.54 Å². The molecular formula is C6H11N5S. The summed E-state index contributed by atoms with van der Waals surface area (Å²) >= 11 is 1.86. The summed E-state index contributed by atoms with van der Waals surface area (Å²) in [5.74, 6) is 1.52. The van der Waals surface area contributed by atoms with Crippen molar-refractivity contribution in [2.45, 2.75) is 24.1 Å². The second kappa shape index (κ2) is 2.70. The lowest BCUT2D eigenvalue weighted by atomic mass is 9.97. The molecule has 1 aromatic heterocycles. The maximum absolute atomic E-state index is 6.11. The molecule has 2 atom stereocenters. The van der Waals surface area contributed by atoms with E-state index in [0.717, 1.165) is 12.2 Å². The van der Waals surface area contributed by atoms with Gasteiger partial charge in [0.05, 0.1) is 5.54 Å². The van der Waals surface area contributed by atoms with Crippen LogP contribution in [0.15, 0.2) is 0 Å². The van der Waals surface area contributed by atoms with Crippen molar-refractivity contribution in [1.29, 1.82) is 0 Å². The Morgan fingerprint density at radius 2 is 2.58 bits per heavy atom. The molecule has 2 rings (SSSR count). The number of nitrogens with zero attached hydrogens (tertiary/aromatic N) is 3. The molecule has 12 heavy (non-hydrogen) atoms. The fourth-order valence-electron chi connectivity index (χ4n) is 1.45.